The first kappa shape index (κ1) is 50.1. The molecule has 8 heterocycles. The number of nitrogens with one attached hydrogen (secondary N) is 2. The Hall–Kier alpha value is -6.88. The average Bonchev–Trinajstić information content (AvgIpc) is 4.17. The number of rotatable bonds is 14. The third kappa shape index (κ3) is 10.3. The maximum Gasteiger partial charge on any atom is 0.269 e. The standard InChI is InChI=1S/2C25H31N7O3S/c1-5-35-24-21-12-15-32(36(33,34)20-8-6-17(2)7-9-20)23(21)27-25(28-24)26-22-16-31(29-18(22)3)19-10-13-30(4)14-11-19;1-5-35-24-21-12-15-31(36(33,34)20-8-6-17(2)7-9-20)23(21)28-25(29-24)27-22-16-26-32(18(22)3)19-10-13-30(4)14-11-19/h6-9,12,15-16,19H,5,10-11,13-14H2,1-4H3,(H,26,27,28);6-9,12,15-16,19H,5,10-11,13-14H2,1-4H3,(H,27,28,29). The molecule has 0 amide bonds. The van der Waals surface area contributed by atoms with Crippen LogP contribution >= 0.6 is 0 Å². The number of anilines is 4. The molecule has 0 unspecified atom stereocenters. The third-order valence-corrected chi connectivity index (χ3v) is 16.6. The molecule has 2 saturated heterocycles. The van der Waals surface area contributed by atoms with Crippen LogP contribution in [0.1, 0.15) is 74.1 Å². The summed E-state index contributed by atoms with van der Waals surface area (Å²) in [5.74, 6) is 1.14. The largest absolute Gasteiger partial charge is 0.477 e. The van der Waals surface area contributed by atoms with Crippen molar-refractivity contribution in [2.24, 2.45) is 0 Å². The van der Waals surface area contributed by atoms with Gasteiger partial charge >= 0.3 is 0 Å². The predicted octanol–water partition coefficient (Wildman–Crippen LogP) is 7.78. The molecule has 2 aromatic carbocycles. The second kappa shape index (κ2) is 20.7. The number of likely N-dealkylation sites (tertiary alicyclic amines) is 2. The Morgan fingerprint density at radius 3 is 1.50 bits per heavy atom. The number of benzene rings is 2. The van der Waals surface area contributed by atoms with E-state index in [0.29, 0.717) is 47.8 Å². The van der Waals surface area contributed by atoms with Crippen LogP contribution in [0.5, 0.6) is 11.8 Å². The van der Waals surface area contributed by atoms with Crippen molar-refractivity contribution in [3.05, 3.63) is 108 Å². The summed E-state index contributed by atoms with van der Waals surface area (Å²) in [4.78, 5) is 23.3. The lowest BCUT2D eigenvalue weighted by molar-refractivity contribution is 0.210. The van der Waals surface area contributed by atoms with Crippen molar-refractivity contribution in [2.45, 2.75) is 89.1 Å². The molecule has 2 aliphatic rings. The van der Waals surface area contributed by atoms with Crippen LogP contribution in [0.15, 0.2) is 95.2 Å². The topological polar surface area (TPSA) is 214 Å². The number of aryl methyl sites for hydroxylation is 3. The van der Waals surface area contributed by atoms with Gasteiger partial charge in [0.15, 0.2) is 11.3 Å². The van der Waals surface area contributed by atoms with E-state index < -0.39 is 20.0 Å². The molecule has 380 valence electrons. The summed E-state index contributed by atoms with van der Waals surface area (Å²) in [7, 11) is -3.45. The van der Waals surface area contributed by atoms with Gasteiger partial charge in [0.1, 0.15) is 0 Å². The van der Waals surface area contributed by atoms with Crippen molar-refractivity contribution >= 4 is 65.4 Å². The number of aromatic nitrogens is 10. The number of hydrogen-bond acceptors (Lipinski definition) is 16. The summed E-state index contributed by atoms with van der Waals surface area (Å²) in [6, 6.07) is 17.5. The van der Waals surface area contributed by atoms with E-state index in [4.69, 9.17) is 14.6 Å². The number of nitrogens with zero attached hydrogens (tertiary/aromatic N) is 12. The molecule has 0 radical (unpaired) electrons. The van der Waals surface area contributed by atoms with Gasteiger partial charge in [-0.25, -0.2) is 24.8 Å². The van der Waals surface area contributed by atoms with Gasteiger partial charge in [0.2, 0.25) is 23.7 Å². The number of hydrogen-bond donors (Lipinski definition) is 2. The monoisotopic (exact) mass is 1020 g/mol. The molecule has 0 bridgehead atoms. The van der Waals surface area contributed by atoms with E-state index in [1.54, 1.807) is 66.9 Å². The zero-order valence-corrected chi connectivity index (χ0v) is 43.6. The molecule has 2 aliphatic heterocycles. The minimum absolute atomic E-state index is 0.187. The quantitative estimate of drug-likeness (QED) is 0.106. The fraction of sp³-hybridized carbons (Fsp3) is 0.400. The molecular weight excluding hydrogens is 957 g/mol. The SMILES string of the molecule is CCOc1nc(Nc2cn(C3CCN(C)CC3)nc2C)nc2c1ccn2S(=O)(=O)c1ccc(C)cc1.CCOc1nc(Nc2cnn(C3CCN(C)CC3)c2C)nc2c1ccn2S(=O)(=O)c1ccc(C)cc1. The molecule has 0 aliphatic carbocycles. The van der Waals surface area contributed by atoms with E-state index in [1.807, 2.05) is 52.4 Å². The van der Waals surface area contributed by atoms with Crippen LogP contribution in [0.3, 0.4) is 0 Å². The van der Waals surface area contributed by atoms with Crippen molar-refractivity contribution in [3.63, 3.8) is 0 Å². The first-order chi connectivity index (χ1) is 34.5. The summed E-state index contributed by atoms with van der Waals surface area (Å²) >= 11 is 0. The maximum atomic E-state index is 13.4. The second-order valence-corrected chi connectivity index (χ2v) is 22.0. The molecule has 20 nitrogen and oxygen atoms in total. The summed E-state index contributed by atoms with van der Waals surface area (Å²) < 4.78 is 71.7. The Morgan fingerprint density at radius 1 is 0.597 bits per heavy atom. The van der Waals surface area contributed by atoms with Gasteiger partial charge in [-0.1, -0.05) is 35.4 Å². The maximum absolute atomic E-state index is 13.4. The van der Waals surface area contributed by atoms with Gasteiger partial charge in [-0.05, 0) is 144 Å². The highest BCUT2D eigenvalue weighted by Crippen LogP contribution is 2.33. The van der Waals surface area contributed by atoms with Gasteiger partial charge in [-0.15, -0.1) is 0 Å². The van der Waals surface area contributed by atoms with Crippen molar-refractivity contribution < 1.29 is 26.3 Å². The van der Waals surface area contributed by atoms with Crippen LogP contribution in [0.2, 0.25) is 0 Å². The molecule has 72 heavy (non-hydrogen) atoms. The Balaban J connectivity index is 0.000000178. The highest BCUT2D eigenvalue weighted by molar-refractivity contribution is 7.90. The molecular formula is C50H62N14O6S2. The minimum Gasteiger partial charge on any atom is -0.477 e. The highest BCUT2D eigenvalue weighted by atomic mass is 32.2. The molecule has 6 aromatic heterocycles. The first-order valence-electron chi connectivity index (χ1n) is 24.2. The Morgan fingerprint density at radius 2 is 1.04 bits per heavy atom. The van der Waals surface area contributed by atoms with Crippen LogP contribution in [0.25, 0.3) is 22.1 Å². The number of fused-ring (bicyclic) bond motifs is 2. The van der Waals surface area contributed by atoms with Crippen molar-refractivity contribution in [2.75, 3.05) is 64.1 Å². The van der Waals surface area contributed by atoms with E-state index in [0.717, 1.165) is 85.8 Å². The smallest absolute Gasteiger partial charge is 0.269 e. The van der Waals surface area contributed by atoms with E-state index in [9.17, 15) is 16.8 Å². The lowest BCUT2D eigenvalue weighted by Crippen LogP contribution is -2.32. The fourth-order valence-corrected chi connectivity index (χ4v) is 11.6. The third-order valence-electron chi connectivity index (χ3n) is 13.2. The van der Waals surface area contributed by atoms with E-state index in [-0.39, 0.29) is 33.0 Å². The molecule has 10 rings (SSSR count). The van der Waals surface area contributed by atoms with Crippen LogP contribution in [0, 0.1) is 27.7 Å². The van der Waals surface area contributed by atoms with E-state index in [1.165, 1.54) is 20.3 Å². The Labute approximate surface area is 420 Å². The highest BCUT2D eigenvalue weighted by Gasteiger charge is 2.27. The van der Waals surface area contributed by atoms with Gasteiger partial charge in [-0.3, -0.25) is 9.36 Å². The number of piperidine rings is 2. The first-order valence-corrected chi connectivity index (χ1v) is 27.1. The van der Waals surface area contributed by atoms with Gasteiger partial charge in [0.05, 0.1) is 74.8 Å². The molecule has 0 saturated carbocycles. The van der Waals surface area contributed by atoms with Crippen molar-refractivity contribution in [1.29, 1.82) is 0 Å². The Bertz CT molecular complexity index is 3260. The summed E-state index contributed by atoms with van der Waals surface area (Å²) in [6.07, 6.45) is 10.9. The molecule has 22 heteroatoms. The van der Waals surface area contributed by atoms with E-state index in [2.05, 4.69) is 64.2 Å². The average molecular weight is 1020 g/mol. The molecule has 0 spiro atoms. The lowest BCUT2D eigenvalue weighted by atomic mass is 10.1. The van der Waals surface area contributed by atoms with Gasteiger partial charge in [0.25, 0.3) is 20.0 Å². The van der Waals surface area contributed by atoms with Crippen molar-refractivity contribution in [1.82, 2.24) is 57.2 Å². The predicted molar refractivity (Wildman–Crippen MR) is 277 cm³/mol. The van der Waals surface area contributed by atoms with Crippen LogP contribution < -0.4 is 20.1 Å². The molecule has 0 atom stereocenters. The van der Waals surface area contributed by atoms with Gasteiger partial charge in [0, 0.05) is 18.6 Å². The summed E-state index contributed by atoms with van der Waals surface area (Å²) in [6.45, 7) is 16.4. The second-order valence-electron chi connectivity index (χ2n) is 18.4. The van der Waals surface area contributed by atoms with E-state index >= 15 is 0 Å². The molecule has 2 fully saturated rings. The number of ether oxygens (including phenoxy) is 2. The minimum atomic E-state index is -3.86. The normalized spacial score (nSPS) is 15.4. The lowest BCUT2D eigenvalue weighted by Gasteiger charge is -2.29. The summed E-state index contributed by atoms with van der Waals surface area (Å²) in [5, 5.41) is 16.9. The van der Waals surface area contributed by atoms with Crippen LogP contribution in [0.4, 0.5) is 23.3 Å². The van der Waals surface area contributed by atoms with Gasteiger partial charge in [-0.2, -0.15) is 30.1 Å². The van der Waals surface area contributed by atoms with Gasteiger partial charge < -0.3 is 29.9 Å². The molecule has 2 N–H and O–H groups in total. The van der Waals surface area contributed by atoms with Crippen LogP contribution in [-0.4, -0.2) is 128 Å². The molecule has 8 aromatic rings. The van der Waals surface area contributed by atoms with Crippen molar-refractivity contribution in [3.8, 4) is 11.8 Å². The Kier molecular flexibility index (Phi) is 14.4. The zero-order valence-electron chi connectivity index (χ0n) is 41.9. The zero-order chi connectivity index (χ0) is 50.9. The summed E-state index contributed by atoms with van der Waals surface area (Å²) in [5.41, 5.74) is 5.80. The van der Waals surface area contributed by atoms with Crippen LogP contribution in [-0.2, 0) is 20.0 Å². The fourth-order valence-electron chi connectivity index (χ4n) is 9.01.